The zero-order valence-electron chi connectivity index (χ0n) is 17.5. The van der Waals surface area contributed by atoms with Crippen molar-refractivity contribution >= 4 is 11.8 Å². The molecule has 1 aromatic rings. The van der Waals surface area contributed by atoms with Crippen LogP contribution >= 0.6 is 0 Å². The van der Waals surface area contributed by atoms with Crippen LogP contribution in [-0.2, 0) is 9.59 Å². The second-order valence-electron chi connectivity index (χ2n) is 7.50. The first kappa shape index (κ1) is 22.8. The summed E-state index contributed by atoms with van der Waals surface area (Å²) in [6, 6.07) is 5.21. The molecule has 0 aromatic heterocycles. The fourth-order valence-electron chi connectivity index (χ4n) is 2.69. The lowest BCUT2D eigenvalue weighted by atomic mass is 10.1. The number of nitrogens with zero attached hydrogens (tertiary/aromatic N) is 1. The molecule has 1 rings (SSSR count). The maximum Gasteiger partial charge on any atom is 0.234 e. The first-order chi connectivity index (χ1) is 12.6. The summed E-state index contributed by atoms with van der Waals surface area (Å²) in [6.07, 6.45) is 0. The molecule has 0 aliphatic rings. The Balaban J connectivity index is 2.70. The fraction of sp³-hybridized carbons (Fsp3) is 0.600. The van der Waals surface area contributed by atoms with Crippen molar-refractivity contribution in [1.29, 1.82) is 0 Å². The van der Waals surface area contributed by atoms with Gasteiger partial charge in [0.2, 0.25) is 11.8 Å². The predicted octanol–water partition coefficient (Wildman–Crippen LogP) is 2.12. The Morgan fingerprint density at radius 3 is 2.26 bits per heavy atom. The van der Waals surface area contributed by atoms with E-state index in [1.54, 1.807) is 19.1 Å². The lowest BCUT2D eigenvalue weighted by Gasteiger charge is -2.25. The average Bonchev–Trinajstić information content (AvgIpc) is 2.58. The Morgan fingerprint density at radius 2 is 1.74 bits per heavy atom. The van der Waals surface area contributed by atoms with Crippen molar-refractivity contribution < 1.29 is 19.1 Å². The second kappa shape index (κ2) is 10.2. The largest absolute Gasteiger partial charge is 0.497 e. The normalized spacial score (nSPS) is 12.4. The van der Waals surface area contributed by atoms with Gasteiger partial charge in [-0.3, -0.25) is 14.5 Å². The third kappa shape index (κ3) is 7.86. The quantitative estimate of drug-likeness (QED) is 0.687. The molecule has 0 radical (unpaired) electrons. The van der Waals surface area contributed by atoms with Crippen molar-refractivity contribution in [1.82, 2.24) is 15.5 Å². The molecule has 0 fully saturated rings. The van der Waals surface area contributed by atoms with E-state index in [2.05, 4.69) is 10.6 Å². The van der Waals surface area contributed by atoms with Crippen LogP contribution in [0.5, 0.6) is 11.5 Å². The molecule has 0 saturated carbocycles. The maximum atomic E-state index is 12.5. The standard InChI is InChI=1S/C20H33N3O4/c1-8-23(13-19(25)22-20(3,4)5)12-18(24)21-14(2)16-11-15(26-6)9-10-17(16)27-7/h9-11,14H,8,12-13H2,1-7H3,(H,21,24)(H,22,25)/t14-/m1/s1. The molecule has 27 heavy (non-hydrogen) atoms. The highest BCUT2D eigenvalue weighted by molar-refractivity contribution is 5.81. The van der Waals surface area contributed by atoms with E-state index in [9.17, 15) is 9.59 Å². The first-order valence-electron chi connectivity index (χ1n) is 9.14. The Labute approximate surface area is 162 Å². The van der Waals surface area contributed by atoms with E-state index in [1.165, 1.54) is 0 Å². The Morgan fingerprint density at radius 1 is 1.11 bits per heavy atom. The van der Waals surface area contributed by atoms with Crippen LogP contribution in [0.4, 0.5) is 0 Å². The molecule has 0 unspecified atom stereocenters. The number of likely N-dealkylation sites (N-methyl/N-ethyl adjacent to an activating group) is 1. The number of carbonyl (C=O) groups is 2. The van der Waals surface area contributed by atoms with E-state index in [1.807, 2.05) is 52.8 Å². The zero-order chi connectivity index (χ0) is 20.6. The SMILES string of the molecule is CCN(CC(=O)N[C@H](C)c1cc(OC)ccc1OC)CC(=O)NC(C)(C)C. The highest BCUT2D eigenvalue weighted by atomic mass is 16.5. The van der Waals surface area contributed by atoms with E-state index >= 15 is 0 Å². The molecule has 0 aliphatic carbocycles. The summed E-state index contributed by atoms with van der Waals surface area (Å²) in [6.45, 7) is 10.5. The van der Waals surface area contributed by atoms with Crippen LogP contribution < -0.4 is 20.1 Å². The molecule has 0 aliphatic heterocycles. The minimum absolute atomic E-state index is 0.0975. The average molecular weight is 380 g/mol. The van der Waals surface area contributed by atoms with Crippen LogP contribution in [0.25, 0.3) is 0 Å². The molecular formula is C20H33N3O4. The van der Waals surface area contributed by atoms with Crippen molar-refractivity contribution in [2.75, 3.05) is 33.9 Å². The molecule has 1 atom stereocenters. The molecule has 2 N–H and O–H groups in total. The number of hydrogen-bond donors (Lipinski definition) is 2. The summed E-state index contributed by atoms with van der Waals surface area (Å²) in [5, 5.41) is 5.87. The molecule has 0 bridgehead atoms. The lowest BCUT2D eigenvalue weighted by Crippen LogP contribution is -2.48. The summed E-state index contributed by atoms with van der Waals surface area (Å²) in [5.74, 6) is 1.12. The van der Waals surface area contributed by atoms with Crippen molar-refractivity contribution in [3.63, 3.8) is 0 Å². The molecule has 0 saturated heterocycles. The number of hydrogen-bond acceptors (Lipinski definition) is 5. The molecule has 152 valence electrons. The smallest absolute Gasteiger partial charge is 0.234 e. The number of amides is 2. The van der Waals surface area contributed by atoms with E-state index in [4.69, 9.17) is 9.47 Å². The van der Waals surface area contributed by atoms with Gasteiger partial charge in [-0.15, -0.1) is 0 Å². The summed E-state index contributed by atoms with van der Waals surface area (Å²) in [4.78, 5) is 26.4. The van der Waals surface area contributed by atoms with Gasteiger partial charge in [-0.2, -0.15) is 0 Å². The number of ether oxygens (including phenoxy) is 2. The van der Waals surface area contributed by atoms with Gasteiger partial charge in [0.15, 0.2) is 0 Å². The summed E-state index contributed by atoms with van der Waals surface area (Å²) in [5.41, 5.74) is 0.537. The number of carbonyl (C=O) groups excluding carboxylic acids is 2. The minimum atomic E-state index is -0.295. The van der Waals surface area contributed by atoms with Crippen LogP contribution in [-0.4, -0.2) is 56.1 Å². The van der Waals surface area contributed by atoms with Gasteiger partial charge in [-0.25, -0.2) is 0 Å². The fourth-order valence-corrected chi connectivity index (χ4v) is 2.69. The number of rotatable bonds is 9. The first-order valence-corrected chi connectivity index (χ1v) is 9.14. The number of nitrogens with one attached hydrogen (secondary N) is 2. The number of benzene rings is 1. The van der Waals surface area contributed by atoms with Crippen LogP contribution in [0.3, 0.4) is 0 Å². The molecule has 7 nitrogen and oxygen atoms in total. The van der Waals surface area contributed by atoms with Gasteiger partial charge in [0, 0.05) is 11.1 Å². The predicted molar refractivity (Wildman–Crippen MR) is 106 cm³/mol. The van der Waals surface area contributed by atoms with Crippen LogP contribution in [0.1, 0.15) is 46.2 Å². The van der Waals surface area contributed by atoms with Gasteiger partial charge in [-0.1, -0.05) is 6.92 Å². The van der Waals surface area contributed by atoms with Gasteiger partial charge in [0.1, 0.15) is 11.5 Å². The lowest BCUT2D eigenvalue weighted by molar-refractivity contribution is -0.126. The molecule has 0 heterocycles. The maximum absolute atomic E-state index is 12.5. The van der Waals surface area contributed by atoms with Crippen molar-refractivity contribution in [3.8, 4) is 11.5 Å². The van der Waals surface area contributed by atoms with Gasteiger partial charge < -0.3 is 20.1 Å². The van der Waals surface area contributed by atoms with Crippen molar-refractivity contribution in [2.24, 2.45) is 0 Å². The monoisotopic (exact) mass is 379 g/mol. The van der Waals surface area contributed by atoms with Crippen LogP contribution in [0.2, 0.25) is 0 Å². The van der Waals surface area contributed by atoms with E-state index in [0.29, 0.717) is 18.0 Å². The second-order valence-corrected chi connectivity index (χ2v) is 7.50. The third-order valence-corrected chi connectivity index (χ3v) is 3.98. The van der Waals surface area contributed by atoms with E-state index in [0.717, 1.165) is 5.56 Å². The Bertz CT molecular complexity index is 641. The summed E-state index contributed by atoms with van der Waals surface area (Å²) >= 11 is 0. The van der Waals surface area contributed by atoms with E-state index in [-0.39, 0.29) is 36.5 Å². The van der Waals surface area contributed by atoms with Crippen molar-refractivity contribution in [2.45, 2.75) is 46.2 Å². The highest BCUT2D eigenvalue weighted by Gasteiger charge is 2.20. The summed E-state index contributed by atoms with van der Waals surface area (Å²) < 4.78 is 10.6. The zero-order valence-corrected chi connectivity index (χ0v) is 17.5. The third-order valence-electron chi connectivity index (χ3n) is 3.98. The number of methoxy groups -OCH3 is 2. The molecule has 0 spiro atoms. The molecule has 2 amide bonds. The van der Waals surface area contributed by atoms with Gasteiger partial charge in [0.05, 0.1) is 33.4 Å². The molecular weight excluding hydrogens is 346 g/mol. The Kier molecular flexibility index (Phi) is 8.56. The van der Waals surface area contributed by atoms with Gasteiger partial charge in [0.25, 0.3) is 0 Å². The van der Waals surface area contributed by atoms with Crippen molar-refractivity contribution in [3.05, 3.63) is 23.8 Å². The highest BCUT2D eigenvalue weighted by Crippen LogP contribution is 2.29. The van der Waals surface area contributed by atoms with Crippen LogP contribution in [0, 0.1) is 0 Å². The summed E-state index contributed by atoms with van der Waals surface area (Å²) in [7, 11) is 3.18. The van der Waals surface area contributed by atoms with E-state index < -0.39 is 0 Å². The van der Waals surface area contributed by atoms with Gasteiger partial charge in [-0.05, 0) is 52.4 Å². The van der Waals surface area contributed by atoms with Gasteiger partial charge >= 0.3 is 0 Å². The molecule has 7 heteroatoms. The molecule has 1 aromatic carbocycles. The Hall–Kier alpha value is -2.28. The topological polar surface area (TPSA) is 79.9 Å². The van der Waals surface area contributed by atoms with Crippen LogP contribution in [0.15, 0.2) is 18.2 Å². The minimum Gasteiger partial charge on any atom is -0.497 e.